The fourth-order valence-electron chi connectivity index (χ4n) is 2.47. The first-order chi connectivity index (χ1) is 9.58. The van der Waals surface area contributed by atoms with Gasteiger partial charge in [-0.1, -0.05) is 0 Å². The van der Waals surface area contributed by atoms with Crippen LogP contribution in [0.1, 0.15) is 39.5 Å². The molecule has 116 valence electrons. The second-order valence-corrected chi connectivity index (χ2v) is 4.97. The van der Waals surface area contributed by atoms with Crippen molar-refractivity contribution in [3.63, 3.8) is 0 Å². The van der Waals surface area contributed by atoms with Gasteiger partial charge in [0.2, 0.25) is 5.91 Å². The van der Waals surface area contributed by atoms with Gasteiger partial charge >= 0.3 is 5.97 Å². The minimum absolute atomic E-state index is 0.0294. The molecule has 0 aromatic carbocycles. The molecule has 6 heteroatoms. The number of rotatable bonds is 8. The second kappa shape index (κ2) is 8.92. The molecule has 0 atom stereocenters. The monoisotopic (exact) mass is 287 g/mol. The van der Waals surface area contributed by atoms with Gasteiger partial charge in [-0.05, 0) is 39.5 Å². The third-order valence-electron chi connectivity index (χ3n) is 3.60. The van der Waals surface area contributed by atoms with Crippen LogP contribution in [-0.2, 0) is 19.1 Å². The molecule has 20 heavy (non-hydrogen) atoms. The number of carboxylic acid groups (broad SMARTS) is 1. The molecule has 1 fully saturated rings. The zero-order valence-corrected chi connectivity index (χ0v) is 12.3. The van der Waals surface area contributed by atoms with Crippen molar-refractivity contribution < 1.29 is 24.2 Å². The molecule has 1 saturated carbocycles. The maximum atomic E-state index is 12.0. The largest absolute Gasteiger partial charge is 0.481 e. The molecule has 0 aliphatic heterocycles. The van der Waals surface area contributed by atoms with Crippen molar-refractivity contribution in [3.8, 4) is 0 Å². The molecule has 0 unspecified atom stereocenters. The van der Waals surface area contributed by atoms with Gasteiger partial charge in [-0.2, -0.15) is 0 Å². The summed E-state index contributed by atoms with van der Waals surface area (Å²) in [7, 11) is 0. The molecule has 0 bridgehead atoms. The SMILES string of the molecule is CCOC(CNC(=O)[C@H]1CC[C@H](C(=O)O)CC1)OCC. The van der Waals surface area contributed by atoms with Crippen LogP contribution in [-0.4, -0.2) is 43.0 Å². The first-order valence-corrected chi connectivity index (χ1v) is 7.32. The van der Waals surface area contributed by atoms with Gasteiger partial charge in [0.25, 0.3) is 0 Å². The lowest BCUT2D eigenvalue weighted by Crippen LogP contribution is -2.40. The van der Waals surface area contributed by atoms with Gasteiger partial charge in [0, 0.05) is 19.1 Å². The molecular formula is C14H25NO5. The van der Waals surface area contributed by atoms with Gasteiger partial charge in [-0.25, -0.2) is 0 Å². The van der Waals surface area contributed by atoms with Crippen molar-refractivity contribution in [2.24, 2.45) is 11.8 Å². The zero-order chi connectivity index (χ0) is 15.0. The maximum absolute atomic E-state index is 12.0. The van der Waals surface area contributed by atoms with Crippen molar-refractivity contribution in [1.82, 2.24) is 5.32 Å². The van der Waals surface area contributed by atoms with E-state index < -0.39 is 12.3 Å². The minimum Gasteiger partial charge on any atom is -0.481 e. The molecular weight excluding hydrogens is 262 g/mol. The number of carbonyl (C=O) groups excluding carboxylic acids is 1. The predicted octanol–water partition coefficient (Wildman–Crippen LogP) is 1.39. The number of carboxylic acids is 1. The molecule has 0 heterocycles. The Hall–Kier alpha value is -1.14. The Morgan fingerprint density at radius 3 is 2.05 bits per heavy atom. The fraction of sp³-hybridized carbons (Fsp3) is 0.857. The van der Waals surface area contributed by atoms with Crippen LogP contribution in [0.4, 0.5) is 0 Å². The highest BCUT2D eigenvalue weighted by atomic mass is 16.7. The molecule has 1 rings (SSSR count). The number of amides is 1. The van der Waals surface area contributed by atoms with Crippen LogP contribution in [0.3, 0.4) is 0 Å². The van der Waals surface area contributed by atoms with E-state index in [2.05, 4.69) is 5.32 Å². The Kier molecular flexibility index (Phi) is 7.54. The van der Waals surface area contributed by atoms with Gasteiger partial charge in [-0.3, -0.25) is 9.59 Å². The van der Waals surface area contributed by atoms with Crippen LogP contribution >= 0.6 is 0 Å². The summed E-state index contributed by atoms with van der Waals surface area (Å²) < 4.78 is 10.7. The summed E-state index contributed by atoms with van der Waals surface area (Å²) >= 11 is 0. The van der Waals surface area contributed by atoms with Crippen LogP contribution in [0.25, 0.3) is 0 Å². The lowest BCUT2D eigenvalue weighted by atomic mass is 9.81. The van der Waals surface area contributed by atoms with Gasteiger partial charge in [-0.15, -0.1) is 0 Å². The van der Waals surface area contributed by atoms with Crippen molar-refractivity contribution in [3.05, 3.63) is 0 Å². The Morgan fingerprint density at radius 1 is 1.10 bits per heavy atom. The smallest absolute Gasteiger partial charge is 0.306 e. The van der Waals surface area contributed by atoms with Crippen LogP contribution in [0.2, 0.25) is 0 Å². The van der Waals surface area contributed by atoms with E-state index >= 15 is 0 Å². The van der Waals surface area contributed by atoms with Crippen LogP contribution in [0.15, 0.2) is 0 Å². The Labute approximate surface area is 119 Å². The fourth-order valence-corrected chi connectivity index (χ4v) is 2.47. The summed E-state index contributed by atoms with van der Waals surface area (Å²) in [5.74, 6) is -1.16. The minimum atomic E-state index is -0.753. The van der Waals surface area contributed by atoms with Gasteiger partial charge < -0.3 is 19.9 Å². The Bertz CT molecular complexity index is 307. The molecule has 0 aromatic heterocycles. The summed E-state index contributed by atoms with van der Waals surface area (Å²) in [6.07, 6.45) is 2.01. The molecule has 0 spiro atoms. The summed E-state index contributed by atoms with van der Waals surface area (Å²) in [5, 5.41) is 11.8. The van der Waals surface area contributed by atoms with E-state index in [1.807, 2.05) is 13.8 Å². The van der Waals surface area contributed by atoms with E-state index in [0.29, 0.717) is 45.4 Å². The molecule has 0 radical (unpaired) electrons. The lowest BCUT2D eigenvalue weighted by molar-refractivity contribution is -0.146. The van der Waals surface area contributed by atoms with Crippen LogP contribution < -0.4 is 5.32 Å². The van der Waals surface area contributed by atoms with Crippen LogP contribution in [0.5, 0.6) is 0 Å². The van der Waals surface area contributed by atoms with E-state index in [1.165, 1.54) is 0 Å². The van der Waals surface area contributed by atoms with E-state index in [1.54, 1.807) is 0 Å². The summed E-state index contributed by atoms with van der Waals surface area (Å²) in [6.45, 7) is 5.15. The predicted molar refractivity (Wildman–Crippen MR) is 73.1 cm³/mol. The highest BCUT2D eigenvalue weighted by Crippen LogP contribution is 2.28. The number of nitrogens with one attached hydrogen (secondary N) is 1. The molecule has 0 saturated heterocycles. The topological polar surface area (TPSA) is 84.9 Å². The third kappa shape index (κ3) is 5.46. The first-order valence-electron chi connectivity index (χ1n) is 7.32. The lowest BCUT2D eigenvalue weighted by Gasteiger charge is -2.26. The summed E-state index contributed by atoms with van der Waals surface area (Å²) in [5.41, 5.74) is 0. The highest BCUT2D eigenvalue weighted by molar-refractivity contribution is 5.79. The maximum Gasteiger partial charge on any atom is 0.306 e. The van der Waals surface area contributed by atoms with E-state index in [9.17, 15) is 9.59 Å². The molecule has 1 amide bonds. The van der Waals surface area contributed by atoms with Crippen LogP contribution in [0, 0.1) is 11.8 Å². The van der Waals surface area contributed by atoms with Crippen molar-refractivity contribution in [2.75, 3.05) is 19.8 Å². The van der Waals surface area contributed by atoms with Crippen molar-refractivity contribution >= 4 is 11.9 Å². The Balaban J connectivity index is 2.30. The number of ether oxygens (including phenoxy) is 2. The normalized spacial score (nSPS) is 22.8. The molecule has 1 aliphatic carbocycles. The number of hydrogen-bond donors (Lipinski definition) is 2. The van der Waals surface area contributed by atoms with E-state index in [-0.39, 0.29) is 17.7 Å². The standard InChI is InChI=1S/C14H25NO5/c1-3-19-12(20-4-2)9-15-13(16)10-5-7-11(8-6-10)14(17)18/h10-12H,3-9H2,1-2H3,(H,15,16)(H,17,18)/t10-,11-. The number of hydrogen-bond acceptors (Lipinski definition) is 4. The highest BCUT2D eigenvalue weighted by Gasteiger charge is 2.29. The second-order valence-electron chi connectivity index (χ2n) is 4.97. The summed E-state index contributed by atoms with van der Waals surface area (Å²) in [6, 6.07) is 0. The zero-order valence-electron chi connectivity index (χ0n) is 12.3. The molecule has 0 aromatic rings. The average molecular weight is 287 g/mol. The molecule has 1 aliphatic rings. The average Bonchev–Trinajstić information content (AvgIpc) is 2.45. The van der Waals surface area contributed by atoms with Gasteiger partial charge in [0.15, 0.2) is 6.29 Å². The summed E-state index contributed by atoms with van der Waals surface area (Å²) in [4.78, 5) is 22.9. The van der Waals surface area contributed by atoms with Gasteiger partial charge in [0.05, 0.1) is 12.5 Å². The van der Waals surface area contributed by atoms with Crippen molar-refractivity contribution in [2.45, 2.75) is 45.8 Å². The van der Waals surface area contributed by atoms with Crippen molar-refractivity contribution in [1.29, 1.82) is 0 Å². The third-order valence-corrected chi connectivity index (χ3v) is 3.60. The number of carbonyl (C=O) groups is 2. The van der Waals surface area contributed by atoms with E-state index in [4.69, 9.17) is 14.6 Å². The Morgan fingerprint density at radius 2 is 1.60 bits per heavy atom. The van der Waals surface area contributed by atoms with E-state index in [0.717, 1.165) is 0 Å². The number of aliphatic carboxylic acids is 1. The molecule has 2 N–H and O–H groups in total. The first kappa shape index (κ1) is 16.9. The van der Waals surface area contributed by atoms with Gasteiger partial charge in [0.1, 0.15) is 0 Å². The molecule has 6 nitrogen and oxygen atoms in total. The quantitative estimate of drug-likeness (QED) is 0.659.